The van der Waals surface area contributed by atoms with Crippen molar-refractivity contribution >= 4 is 0 Å². The third-order valence-electron chi connectivity index (χ3n) is 3.88. The van der Waals surface area contributed by atoms with Crippen LogP contribution in [0.15, 0.2) is 18.2 Å². The largest absolute Gasteiger partial charge is 0.497 e. The molecule has 0 saturated carbocycles. The molecule has 1 N–H and O–H groups in total. The Balaban J connectivity index is 2.29. The number of fused-ring (bicyclic) bond motifs is 1. The van der Waals surface area contributed by atoms with Crippen LogP contribution in [0, 0.1) is 0 Å². The summed E-state index contributed by atoms with van der Waals surface area (Å²) in [6.45, 7) is 9.59. The fraction of sp³-hybridized carbons (Fsp3) is 0.667. The SMILES string of the molecule is CCCNC1c2cc(OC)ccc2CCC1OC(C)(C)C. The van der Waals surface area contributed by atoms with Crippen LogP contribution in [0.25, 0.3) is 0 Å². The van der Waals surface area contributed by atoms with E-state index in [-0.39, 0.29) is 17.7 Å². The van der Waals surface area contributed by atoms with Crippen molar-refractivity contribution in [2.45, 2.75) is 64.7 Å². The molecule has 118 valence electrons. The first kappa shape index (κ1) is 16.3. The van der Waals surface area contributed by atoms with Crippen molar-refractivity contribution in [3.8, 4) is 5.75 Å². The smallest absolute Gasteiger partial charge is 0.119 e. The monoisotopic (exact) mass is 291 g/mol. The Bertz CT molecular complexity index is 465. The number of hydrogen-bond acceptors (Lipinski definition) is 3. The van der Waals surface area contributed by atoms with Crippen molar-refractivity contribution in [3.05, 3.63) is 29.3 Å². The van der Waals surface area contributed by atoms with Gasteiger partial charge < -0.3 is 14.8 Å². The number of benzene rings is 1. The van der Waals surface area contributed by atoms with Gasteiger partial charge in [-0.2, -0.15) is 0 Å². The molecule has 0 amide bonds. The van der Waals surface area contributed by atoms with Gasteiger partial charge in [-0.3, -0.25) is 0 Å². The van der Waals surface area contributed by atoms with Gasteiger partial charge in [-0.05, 0) is 69.8 Å². The first-order valence-corrected chi connectivity index (χ1v) is 8.02. The predicted octanol–water partition coefficient (Wildman–Crippen LogP) is 3.87. The zero-order chi connectivity index (χ0) is 15.5. The van der Waals surface area contributed by atoms with Crippen LogP contribution in [0.1, 0.15) is 57.7 Å². The molecule has 1 aromatic rings. The van der Waals surface area contributed by atoms with Gasteiger partial charge in [0.25, 0.3) is 0 Å². The van der Waals surface area contributed by atoms with Crippen molar-refractivity contribution in [2.24, 2.45) is 0 Å². The predicted molar refractivity (Wildman–Crippen MR) is 87.0 cm³/mol. The standard InChI is InChI=1S/C18H29NO2/c1-6-11-19-17-15-12-14(20-5)9-7-13(15)8-10-16(17)21-18(2,3)4/h7,9,12,16-17,19H,6,8,10-11H2,1-5H3. The van der Waals surface area contributed by atoms with Crippen LogP contribution in [-0.4, -0.2) is 25.4 Å². The minimum absolute atomic E-state index is 0.118. The van der Waals surface area contributed by atoms with E-state index in [2.05, 4.69) is 51.2 Å². The molecule has 0 aromatic heterocycles. The maximum Gasteiger partial charge on any atom is 0.119 e. The molecular formula is C18H29NO2. The topological polar surface area (TPSA) is 30.5 Å². The van der Waals surface area contributed by atoms with E-state index < -0.39 is 0 Å². The summed E-state index contributed by atoms with van der Waals surface area (Å²) in [5.74, 6) is 0.924. The normalized spacial score (nSPS) is 22.0. The quantitative estimate of drug-likeness (QED) is 0.893. The molecule has 2 unspecified atom stereocenters. The Kier molecular flexibility index (Phi) is 5.28. The Morgan fingerprint density at radius 1 is 1.29 bits per heavy atom. The van der Waals surface area contributed by atoms with E-state index in [4.69, 9.17) is 9.47 Å². The van der Waals surface area contributed by atoms with E-state index in [1.807, 2.05) is 0 Å². The van der Waals surface area contributed by atoms with E-state index in [1.165, 1.54) is 11.1 Å². The van der Waals surface area contributed by atoms with Crippen LogP contribution >= 0.6 is 0 Å². The Labute approximate surface area is 129 Å². The molecule has 0 aliphatic heterocycles. The highest BCUT2D eigenvalue weighted by Crippen LogP contribution is 2.36. The Hall–Kier alpha value is -1.06. The fourth-order valence-electron chi connectivity index (χ4n) is 3.00. The van der Waals surface area contributed by atoms with Gasteiger partial charge in [-0.25, -0.2) is 0 Å². The summed E-state index contributed by atoms with van der Waals surface area (Å²) in [4.78, 5) is 0. The number of hydrogen-bond donors (Lipinski definition) is 1. The lowest BCUT2D eigenvalue weighted by Crippen LogP contribution is -2.41. The summed E-state index contributed by atoms with van der Waals surface area (Å²) >= 11 is 0. The molecule has 3 heteroatoms. The van der Waals surface area contributed by atoms with Crippen molar-refractivity contribution in [3.63, 3.8) is 0 Å². The molecule has 1 aromatic carbocycles. The highest BCUT2D eigenvalue weighted by Gasteiger charge is 2.32. The molecule has 0 saturated heterocycles. The number of nitrogens with one attached hydrogen (secondary N) is 1. The summed E-state index contributed by atoms with van der Waals surface area (Å²) in [5.41, 5.74) is 2.63. The molecule has 0 bridgehead atoms. The molecule has 2 atom stereocenters. The third-order valence-corrected chi connectivity index (χ3v) is 3.88. The second-order valence-electron chi connectivity index (χ2n) is 6.80. The average molecular weight is 291 g/mol. The summed E-state index contributed by atoms with van der Waals surface area (Å²) in [6, 6.07) is 6.67. The van der Waals surface area contributed by atoms with E-state index in [9.17, 15) is 0 Å². The highest BCUT2D eigenvalue weighted by molar-refractivity contribution is 5.40. The minimum atomic E-state index is -0.118. The van der Waals surface area contributed by atoms with Crippen molar-refractivity contribution in [1.29, 1.82) is 0 Å². The van der Waals surface area contributed by atoms with Crippen LogP contribution < -0.4 is 10.1 Å². The van der Waals surface area contributed by atoms with Crippen LogP contribution in [0.2, 0.25) is 0 Å². The molecule has 3 nitrogen and oxygen atoms in total. The maximum atomic E-state index is 6.32. The first-order valence-electron chi connectivity index (χ1n) is 8.02. The first-order chi connectivity index (χ1) is 9.94. The van der Waals surface area contributed by atoms with Crippen LogP contribution in [0.3, 0.4) is 0 Å². The second kappa shape index (κ2) is 6.80. The molecular weight excluding hydrogens is 262 g/mol. The Morgan fingerprint density at radius 2 is 2.05 bits per heavy atom. The van der Waals surface area contributed by atoms with Gasteiger partial charge in [-0.1, -0.05) is 13.0 Å². The van der Waals surface area contributed by atoms with Gasteiger partial charge in [0.05, 0.1) is 24.9 Å². The van der Waals surface area contributed by atoms with E-state index in [1.54, 1.807) is 7.11 Å². The maximum absolute atomic E-state index is 6.32. The Morgan fingerprint density at radius 3 is 2.67 bits per heavy atom. The van der Waals surface area contributed by atoms with Crippen molar-refractivity contribution in [1.82, 2.24) is 5.32 Å². The van der Waals surface area contributed by atoms with Crippen LogP contribution in [0.4, 0.5) is 0 Å². The lowest BCUT2D eigenvalue weighted by atomic mass is 9.85. The minimum Gasteiger partial charge on any atom is -0.497 e. The molecule has 0 heterocycles. The van der Waals surface area contributed by atoms with Crippen LogP contribution in [-0.2, 0) is 11.2 Å². The fourth-order valence-corrected chi connectivity index (χ4v) is 3.00. The third kappa shape index (κ3) is 4.21. The summed E-state index contributed by atoms with van der Waals surface area (Å²) < 4.78 is 11.7. The van der Waals surface area contributed by atoms with Gasteiger partial charge in [0.15, 0.2) is 0 Å². The summed E-state index contributed by atoms with van der Waals surface area (Å²) in [7, 11) is 1.72. The van der Waals surface area contributed by atoms with E-state index >= 15 is 0 Å². The van der Waals surface area contributed by atoms with E-state index in [0.717, 1.165) is 31.6 Å². The van der Waals surface area contributed by atoms with Gasteiger partial charge >= 0.3 is 0 Å². The molecule has 21 heavy (non-hydrogen) atoms. The van der Waals surface area contributed by atoms with Crippen LogP contribution in [0.5, 0.6) is 5.75 Å². The zero-order valence-corrected chi connectivity index (χ0v) is 14.0. The van der Waals surface area contributed by atoms with Crippen molar-refractivity contribution < 1.29 is 9.47 Å². The van der Waals surface area contributed by atoms with Crippen molar-refractivity contribution in [2.75, 3.05) is 13.7 Å². The molecule has 1 aliphatic carbocycles. The summed E-state index contributed by atoms with van der Waals surface area (Å²) in [6.07, 6.45) is 3.48. The molecule has 0 radical (unpaired) electrons. The van der Waals surface area contributed by atoms with Gasteiger partial charge in [-0.15, -0.1) is 0 Å². The molecule has 0 fully saturated rings. The number of ether oxygens (including phenoxy) is 2. The van der Waals surface area contributed by atoms with Gasteiger partial charge in [0.2, 0.25) is 0 Å². The second-order valence-corrected chi connectivity index (χ2v) is 6.80. The number of methoxy groups -OCH3 is 1. The lowest BCUT2D eigenvalue weighted by Gasteiger charge is -2.38. The summed E-state index contributed by atoms with van der Waals surface area (Å²) in [5, 5.41) is 3.67. The molecule has 0 spiro atoms. The van der Waals surface area contributed by atoms with E-state index in [0.29, 0.717) is 0 Å². The molecule has 1 aliphatic rings. The number of aryl methyl sites for hydroxylation is 1. The van der Waals surface area contributed by atoms with Gasteiger partial charge in [0.1, 0.15) is 5.75 Å². The zero-order valence-electron chi connectivity index (χ0n) is 14.0. The lowest BCUT2D eigenvalue weighted by molar-refractivity contribution is -0.0817. The number of rotatable bonds is 5. The molecule has 2 rings (SSSR count). The van der Waals surface area contributed by atoms with Gasteiger partial charge in [0, 0.05) is 0 Å². The highest BCUT2D eigenvalue weighted by atomic mass is 16.5. The average Bonchev–Trinajstić information content (AvgIpc) is 2.44.